The third-order valence-corrected chi connectivity index (χ3v) is 3.66. The van der Waals surface area contributed by atoms with Gasteiger partial charge in [0, 0.05) is 28.9 Å². The first-order chi connectivity index (χ1) is 11.6. The standard InChI is InChI=1S/C15H10F6N2O2/c16-5-1-6(22)3-7(2-5)25-8-4-23-14(15(19,20)21)10-9(8)11(17)12(18)13(10)24/h1-4,11-13,24H,22H2/t11-,12-,13+/m1/s1. The normalized spacial score (nSPS) is 22.8. The second kappa shape index (κ2) is 5.80. The fraction of sp³-hybridized carbons (Fsp3) is 0.267. The van der Waals surface area contributed by atoms with Crippen LogP contribution in [0.25, 0.3) is 0 Å². The number of alkyl halides is 5. The number of fused-ring (bicyclic) bond motifs is 1. The summed E-state index contributed by atoms with van der Waals surface area (Å²) in [6.07, 6.45) is -12.0. The van der Waals surface area contributed by atoms with Crippen molar-refractivity contribution >= 4 is 5.69 Å². The average Bonchev–Trinajstić information content (AvgIpc) is 2.71. The van der Waals surface area contributed by atoms with E-state index in [2.05, 4.69) is 4.98 Å². The van der Waals surface area contributed by atoms with Crippen LogP contribution in [-0.2, 0) is 6.18 Å². The molecule has 0 aliphatic heterocycles. The van der Waals surface area contributed by atoms with Gasteiger partial charge in [-0.25, -0.2) is 18.2 Å². The Labute approximate surface area is 136 Å². The molecule has 3 N–H and O–H groups in total. The molecule has 0 radical (unpaired) electrons. The molecule has 3 atom stereocenters. The Balaban J connectivity index is 2.14. The molecule has 3 rings (SSSR count). The summed E-state index contributed by atoms with van der Waals surface area (Å²) in [6.45, 7) is 0. The predicted molar refractivity (Wildman–Crippen MR) is 73.8 cm³/mol. The van der Waals surface area contributed by atoms with E-state index in [-0.39, 0.29) is 11.4 Å². The predicted octanol–water partition coefficient (Wildman–Crippen LogP) is 4.01. The van der Waals surface area contributed by atoms with Crippen LogP contribution in [-0.4, -0.2) is 16.3 Å². The van der Waals surface area contributed by atoms with Crippen LogP contribution in [0.1, 0.15) is 29.1 Å². The highest BCUT2D eigenvalue weighted by Crippen LogP contribution is 2.51. The number of nitrogens with two attached hydrogens (primary N) is 1. The number of halogens is 6. The van der Waals surface area contributed by atoms with E-state index in [1.807, 2.05) is 0 Å². The van der Waals surface area contributed by atoms with Gasteiger partial charge in [0.2, 0.25) is 0 Å². The van der Waals surface area contributed by atoms with Crippen molar-refractivity contribution in [2.45, 2.75) is 24.6 Å². The van der Waals surface area contributed by atoms with Gasteiger partial charge in [0.25, 0.3) is 0 Å². The Morgan fingerprint density at radius 2 is 1.80 bits per heavy atom. The number of rotatable bonds is 2. The van der Waals surface area contributed by atoms with Crippen LogP contribution in [0.2, 0.25) is 0 Å². The number of aromatic nitrogens is 1. The van der Waals surface area contributed by atoms with Crippen LogP contribution >= 0.6 is 0 Å². The Morgan fingerprint density at radius 1 is 1.12 bits per heavy atom. The fourth-order valence-corrected chi connectivity index (χ4v) is 2.66. The van der Waals surface area contributed by atoms with Gasteiger partial charge in [0.05, 0.1) is 6.20 Å². The topological polar surface area (TPSA) is 68.4 Å². The van der Waals surface area contributed by atoms with Crippen LogP contribution in [0, 0.1) is 5.82 Å². The molecule has 0 saturated heterocycles. The Kier molecular flexibility index (Phi) is 4.02. The van der Waals surface area contributed by atoms with E-state index in [0.29, 0.717) is 6.20 Å². The van der Waals surface area contributed by atoms with Gasteiger partial charge in [0.15, 0.2) is 23.8 Å². The molecule has 0 amide bonds. The van der Waals surface area contributed by atoms with Crippen LogP contribution in [0.3, 0.4) is 0 Å². The van der Waals surface area contributed by atoms with E-state index < -0.39 is 53.0 Å². The quantitative estimate of drug-likeness (QED) is 0.624. The summed E-state index contributed by atoms with van der Waals surface area (Å²) in [7, 11) is 0. The summed E-state index contributed by atoms with van der Waals surface area (Å²) >= 11 is 0. The van der Waals surface area contributed by atoms with Gasteiger partial charge in [-0.1, -0.05) is 0 Å². The van der Waals surface area contributed by atoms with Crippen molar-refractivity contribution in [3.8, 4) is 11.5 Å². The van der Waals surface area contributed by atoms with Crippen molar-refractivity contribution in [3.05, 3.63) is 47.0 Å². The van der Waals surface area contributed by atoms with Gasteiger partial charge in [-0.05, 0) is 6.07 Å². The van der Waals surface area contributed by atoms with Gasteiger partial charge >= 0.3 is 6.18 Å². The maximum atomic E-state index is 14.1. The number of aliphatic hydroxyl groups is 1. The number of aliphatic hydroxyl groups excluding tert-OH is 1. The lowest BCUT2D eigenvalue weighted by Gasteiger charge is -2.16. The summed E-state index contributed by atoms with van der Waals surface area (Å²) < 4.78 is 85.4. The second-order valence-corrected chi connectivity index (χ2v) is 5.41. The zero-order valence-electron chi connectivity index (χ0n) is 12.2. The van der Waals surface area contributed by atoms with Crippen molar-refractivity contribution in [2.75, 3.05) is 5.73 Å². The maximum absolute atomic E-state index is 14.1. The molecular weight excluding hydrogens is 354 g/mol. The first kappa shape index (κ1) is 17.3. The minimum Gasteiger partial charge on any atom is -0.455 e. The van der Waals surface area contributed by atoms with E-state index in [0.717, 1.165) is 18.2 Å². The number of nitrogen functional groups attached to an aromatic ring is 1. The van der Waals surface area contributed by atoms with Crippen LogP contribution in [0.5, 0.6) is 11.5 Å². The highest BCUT2D eigenvalue weighted by Gasteiger charge is 2.50. The highest BCUT2D eigenvalue weighted by atomic mass is 19.4. The summed E-state index contributed by atoms with van der Waals surface area (Å²) in [5, 5.41) is 9.65. The molecule has 1 aromatic heterocycles. The lowest BCUT2D eigenvalue weighted by Crippen LogP contribution is -2.16. The molecule has 10 heteroatoms. The molecule has 1 heterocycles. The summed E-state index contributed by atoms with van der Waals surface area (Å²) in [4.78, 5) is 3.11. The number of ether oxygens (including phenoxy) is 1. The highest BCUT2D eigenvalue weighted by molar-refractivity contribution is 5.52. The number of nitrogens with zero attached hydrogens (tertiary/aromatic N) is 1. The molecule has 134 valence electrons. The van der Waals surface area contributed by atoms with Crippen LogP contribution < -0.4 is 10.5 Å². The van der Waals surface area contributed by atoms with Crippen LogP contribution in [0.15, 0.2) is 24.4 Å². The monoisotopic (exact) mass is 364 g/mol. The Bertz CT molecular complexity index is 806. The van der Waals surface area contributed by atoms with E-state index in [4.69, 9.17) is 10.5 Å². The fourth-order valence-electron chi connectivity index (χ4n) is 2.66. The lowest BCUT2D eigenvalue weighted by molar-refractivity contribution is -0.143. The first-order valence-electron chi connectivity index (χ1n) is 6.89. The third-order valence-electron chi connectivity index (χ3n) is 3.66. The van der Waals surface area contributed by atoms with Gasteiger partial charge < -0.3 is 15.6 Å². The van der Waals surface area contributed by atoms with E-state index >= 15 is 0 Å². The van der Waals surface area contributed by atoms with Crippen molar-refractivity contribution in [1.29, 1.82) is 0 Å². The molecule has 0 fully saturated rings. The first-order valence-corrected chi connectivity index (χ1v) is 6.89. The minimum atomic E-state index is -5.03. The number of benzene rings is 1. The molecule has 1 aliphatic rings. The molecule has 25 heavy (non-hydrogen) atoms. The zero-order chi connectivity index (χ0) is 18.5. The Morgan fingerprint density at radius 3 is 2.40 bits per heavy atom. The molecule has 1 aromatic carbocycles. The lowest BCUT2D eigenvalue weighted by atomic mass is 10.1. The van der Waals surface area contributed by atoms with Gasteiger partial charge in [-0.2, -0.15) is 13.2 Å². The van der Waals surface area contributed by atoms with Crippen molar-refractivity contribution in [1.82, 2.24) is 4.98 Å². The number of hydrogen-bond donors (Lipinski definition) is 2. The molecule has 0 spiro atoms. The SMILES string of the molecule is Nc1cc(F)cc(Oc2cnc(C(F)(F)F)c3c2[C@@H](F)[C@@H](F)[C@H]3O)c1. The van der Waals surface area contributed by atoms with Gasteiger partial charge in [-0.15, -0.1) is 0 Å². The van der Waals surface area contributed by atoms with Crippen molar-refractivity contribution in [3.63, 3.8) is 0 Å². The van der Waals surface area contributed by atoms with Gasteiger partial charge in [-0.3, -0.25) is 0 Å². The van der Waals surface area contributed by atoms with Crippen LogP contribution in [0.4, 0.5) is 32.0 Å². The van der Waals surface area contributed by atoms with E-state index in [9.17, 15) is 31.4 Å². The maximum Gasteiger partial charge on any atom is 0.433 e. The largest absolute Gasteiger partial charge is 0.455 e. The molecule has 4 nitrogen and oxygen atoms in total. The van der Waals surface area contributed by atoms with Crippen molar-refractivity contribution < 1.29 is 36.2 Å². The molecule has 1 aliphatic carbocycles. The molecule has 0 saturated carbocycles. The average molecular weight is 364 g/mol. The molecular formula is C15H10F6N2O2. The van der Waals surface area contributed by atoms with Gasteiger partial charge in [0.1, 0.15) is 17.7 Å². The summed E-state index contributed by atoms with van der Waals surface area (Å²) in [6, 6.07) is 2.95. The molecule has 2 aromatic rings. The molecule has 0 bridgehead atoms. The zero-order valence-corrected chi connectivity index (χ0v) is 12.2. The Hall–Kier alpha value is -2.49. The van der Waals surface area contributed by atoms with Crippen molar-refractivity contribution in [2.24, 2.45) is 0 Å². The third kappa shape index (κ3) is 2.97. The smallest absolute Gasteiger partial charge is 0.433 e. The minimum absolute atomic E-state index is 0.0493. The summed E-state index contributed by atoms with van der Waals surface area (Å²) in [5.74, 6) is -1.61. The summed E-state index contributed by atoms with van der Waals surface area (Å²) in [5.41, 5.74) is 1.92. The van der Waals surface area contributed by atoms with E-state index in [1.54, 1.807) is 0 Å². The molecule has 0 unspecified atom stereocenters. The number of pyridine rings is 1. The van der Waals surface area contributed by atoms with E-state index in [1.165, 1.54) is 0 Å². The number of anilines is 1. The number of hydrogen-bond acceptors (Lipinski definition) is 4. The second-order valence-electron chi connectivity index (χ2n) is 5.41.